The van der Waals surface area contributed by atoms with Gasteiger partial charge in [-0.25, -0.2) is 17.6 Å². The number of aliphatic carboxylic acids is 1. The normalized spacial score (nSPS) is 17.4. The molecular formula is C22H19F4N3O5S. The summed E-state index contributed by atoms with van der Waals surface area (Å²) >= 11 is 0. The summed E-state index contributed by atoms with van der Waals surface area (Å²) in [6.45, 7) is 1.91. The molecule has 1 aliphatic rings. The number of pyridine rings is 2. The van der Waals surface area contributed by atoms with E-state index in [1.807, 2.05) is 0 Å². The third-order valence-corrected chi connectivity index (χ3v) is 6.55. The van der Waals surface area contributed by atoms with Crippen LogP contribution in [0.5, 0.6) is 5.75 Å². The predicted octanol–water partition coefficient (Wildman–Crippen LogP) is 3.56. The molecule has 0 bridgehead atoms. The number of halogens is 4. The molecule has 1 aromatic carbocycles. The lowest BCUT2D eigenvalue weighted by Gasteiger charge is -2.38. The zero-order valence-corrected chi connectivity index (χ0v) is 18.9. The van der Waals surface area contributed by atoms with Gasteiger partial charge >= 0.3 is 12.1 Å². The van der Waals surface area contributed by atoms with Crippen molar-refractivity contribution in [1.29, 1.82) is 0 Å². The maximum atomic E-state index is 14.4. The first-order valence-corrected chi connectivity index (χ1v) is 11.4. The molecule has 13 heteroatoms. The van der Waals surface area contributed by atoms with E-state index >= 15 is 0 Å². The Kier molecular flexibility index (Phi) is 7.41. The van der Waals surface area contributed by atoms with Crippen LogP contribution in [0.25, 0.3) is 0 Å². The van der Waals surface area contributed by atoms with Gasteiger partial charge in [0.25, 0.3) is 0 Å². The van der Waals surface area contributed by atoms with Gasteiger partial charge in [-0.1, -0.05) is 12.1 Å². The molecule has 3 aromatic rings. The van der Waals surface area contributed by atoms with Gasteiger partial charge in [-0.15, -0.1) is 0 Å². The fourth-order valence-electron chi connectivity index (χ4n) is 3.35. The third-order valence-electron chi connectivity index (χ3n) is 5.07. The van der Waals surface area contributed by atoms with Gasteiger partial charge in [0.15, 0.2) is 0 Å². The summed E-state index contributed by atoms with van der Waals surface area (Å²) in [5.41, 5.74) is 0.0727. The number of aromatic nitrogens is 2. The molecule has 0 saturated carbocycles. The van der Waals surface area contributed by atoms with Crippen molar-refractivity contribution in [1.82, 2.24) is 14.7 Å². The van der Waals surface area contributed by atoms with Crippen LogP contribution in [0.1, 0.15) is 23.2 Å². The molecule has 0 radical (unpaired) electrons. The second kappa shape index (κ2) is 9.96. The number of benzene rings is 1. The van der Waals surface area contributed by atoms with Crippen molar-refractivity contribution in [3.8, 4) is 5.75 Å². The molecule has 0 fully saturated rings. The Hall–Kier alpha value is -3.58. The molecule has 0 amide bonds. The van der Waals surface area contributed by atoms with E-state index in [4.69, 9.17) is 14.6 Å². The molecule has 1 aliphatic heterocycles. The average Bonchev–Trinajstić information content (AvgIpc) is 2.81. The lowest BCUT2D eigenvalue weighted by molar-refractivity contribution is -0.192. The summed E-state index contributed by atoms with van der Waals surface area (Å²) in [5.74, 6) is -2.71. The second-order valence-corrected chi connectivity index (χ2v) is 9.10. The van der Waals surface area contributed by atoms with Crippen LogP contribution in [-0.4, -0.2) is 42.2 Å². The molecule has 4 rings (SSSR count). The number of ether oxygens (including phenoxy) is 1. The molecular weight excluding hydrogens is 494 g/mol. The standard InChI is InChI=1S/C20H18FN3O3S.C2HF3O2/c1-14-6-7-15(12-17(14)21)20(8-11-27-18-5-3-10-23-19(18)20)24-28(25,26)16-4-2-9-22-13-16;3-2(4,5)1(6)7/h2-7,9-10,12-13,24H,8,11H2,1H3;(H,6,7)/t20-;/m0./s1. The van der Waals surface area contributed by atoms with Gasteiger partial charge in [0.1, 0.15) is 27.7 Å². The van der Waals surface area contributed by atoms with Gasteiger partial charge in [-0.3, -0.25) is 9.97 Å². The number of carbonyl (C=O) groups is 1. The molecule has 2 N–H and O–H groups in total. The highest BCUT2D eigenvalue weighted by atomic mass is 32.2. The molecule has 35 heavy (non-hydrogen) atoms. The van der Waals surface area contributed by atoms with Crippen LogP contribution in [0.2, 0.25) is 0 Å². The number of hydrogen-bond acceptors (Lipinski definition) is 6. The van der Waals surface area contributed by atoms with Gasteiger partial charge in [0.05, 0.1) is 6.61 Å². The summed E-state index contributed by atoms with van der Waals surface area (Å²) in [4.78, 5) is 17.2. The van der Waals surface area contributed by atoms with Gasteiger partial charge in [-0.2, -0.15) is 17.9 Å². The highest BCUT2D eigenvalue weighted by Crippen LogP contribution is 2.41. The molecule has 0 saturated heterocycles. The van der Waals surface area contributed by atoms with Crippen LogP contribution >= 0.6 is 0 Å². The Bertz CT molecular complexity index is 1320. The van der Waals surface area contributed by atoms with E-state index in [0.717, 1.165) is 0 Å². The number of alkyl halides is 3. The highest BCUT2D eigenvalue weighted by Gasteiger charge is 2.44. The molecule has 8 nitrogen and oxygen atoms in total. The molecule has 2 aromatic heterocycles. The number of nitrogens with zero attached hydrogens (tertiary/aromatic N) is 2. The zero-order valence-electron chi connectivity index (χ0n) is 18.1. The molecule has 186 valence electrons. The smallest absolute Gasteiger partial charge is 0.490 e. The minimum atomic E-state index is -5.08. The monoisotopic (exact) mass is 513 g/mol. The number of carboxylic acid groups (broad SMARTS) is 1. The summed E-state index contributed by atoms with van der Waals surface area (Å²) in [5, 5.41) is 7.12. The van der Waals surface area contributed by atoms with E-state index in [2.05, 4.69) is 14.7 Å². The van der Waals surface area contributed by atoms with Crippen molar-refractivity contribution in [3.63, 3.8) is 0 Å². The van der Waals surface area contributed by atoms with E-state index in [1.54, 1.807) is 43.5 Å². The summed E-state index contributed by atoms with van der Waals surface area (Å²) in [7, 11) is -3.96. The number of rotatable bonds is 4. The number of fused-ring (bicyclic) bond motifs is 1. The average molecular weight is 513 g/mol. The van der Waals surface area contributed by atoms with E-state index in [-0.39, 0.29) is 17.9 Å². The molecule has 3 heterocycles. The quantitative estimate of drug-likeness (QED) is 0.512. The fraction of sp³-hybridized carbons (Fsp3) is 0.227. The topological polar surface area (TPSA) is 118 Å². The number of sulfonamides is 1. The van der Waals surface area contributed by atoms with Crippen molar-refractivity contribution >= 4 is 16.0 Å². The van der Waals surface area contributed by atoms with Gasteiger partial charge < -0.3 is 9.84 Å². The molecule has 0 unspecified atom stereocenters. The van der Waals surface area contributed by atoms with Crippen molar-refractivity contribution < 1.29 is 40.6 Å². The number of hydrogen-bond donors (Lipinski definition) is 2. The molecule has 1 atom stereocenters. The van der Waals surface area contributed by atoms with E-state index in [1.165, 1.54) is 24.5 Å². The zero-order chi connectivity index (χ0) is 25.9. The number of carboxylic acids is 1. The first-order chi connectivity index (χ1) is 16.4. The lowest BCUT2D eigenvalue weighted by atomic mass is 9.82. The Morgan fingerprint density at radius 2 is 1.86 bits per heavy atom. The van der Waals surface area contributed by atoms with Gasteiger partial charge in [0.2, 0.25) is 10.0 Å². The van der Waals surface area contributed by atoms with Crippen LogP contribution in [0.4, 0.5) is 17.6 Å². The van der Waals surface area contributed by atoms with Crippen molar-refractivity contribution in [3.05, 3.63) is 83.7 Å². The first-order valence-electron chi connectivity index (χ1n) is 9.96. The Morgan fingerprint density at radius 3 is 2.46 bits per heavy atom. The molecule has 0 aliphatic carbocycles. The van der Waals surface area contributed by atoms with Crippen LogP contribution in [0.15, 0.2) is 66.0 Å². The maximum Gasteiger partial charge on any atom is 0.490 e. The largest absolute Gasteiger partial charge is 0.491 e. The van der Waals surface area contributed by atoms with E-state index < -0.39 is 33.5 Å². The maximum absolute atomic E-state index is 14.4. The minimum Gasteiger partial charge on any atom is -0.491 e. The van der Waals surface area contributed by atoms with E-state index in [9.17, 15) is 26.0 Å². The van der Waals surface area contributed by atoms with Crippen LogP contribution in [0.3, 0.4) is 0 Å². The van der Waals surface area contributed by atoms with Crippen molar-refractivity contribution in [2.45, 2.75) is 30.0 Å². The van der Waals surface area contributed by atoms with Crippen molar-refractivity contribution in [2.24, 2.45) is 0 Å². The highest BCUT2D eigenvalue weighted by molar-refractivity contribution is 7.89. The van der Waals surface area contributed by atoms with Gasteiger partial charge in [0, 0.05) is 25.0 Å². The predicted molar refractivity (Wildman–Crippen MR) is 115 cm³/mol. The SMILES string of the molecule is Cc1ccc([C@@]2(NS(=O)(=O)c3cccnc3)CCOc3cccnc32)cc1F.O=C(O)C(F)(F)F. The van der Waals surface area contributed by atoms with Crippen LogP contribution in [0, 0.1) is 12.7 Å². The van der Waals surface area contributed by atoms with Crippen LogP contribution in [-0.2, 0) is 20.4 Å². The first kappa shape index (κ1) is 26.0. The van der Waals surface area contributed by atoms with Gasteiger partial charge in [-0.05, 0) is 48.4 Å². The summed E-state index contributed by atoms with van der Waals surface area (Å²) < 4.78 is 80.8. The Labute approximate surface area is 197 Å². The lowest BCUT2D eigenvalue weighted by Crippen LogP contribution is -2.50. The van der Waals surface area contributed by atoms with Crippen molar-refractivity contribution in [2.75, 3.05) is 6.61 Å². The summed E-state index contributed by atoms with van der Waals surface area (Å²) in [6, 6.07) is 11.1. The minimum absolute atomic E-state index is 0.0194. The summed E-state index contributed by atoms with van der Waals surface area (Å²) in [6.07, 6.45) is -0.496. The third kappa shape index (κ3) is 5.74. The number of aryl methyl sites for hydroxylation is 1. The Balaban J connectivity index is 0.000000429. The van der Waals surface area contributed by atoms with Crippen LogP contribution < -0.4 is 9.46 Å². The fourth-order valence-corrected chi connectivity index (χ4v) is 4.70. The van der Waals surface area contributed by atoms with E-state index in [0.29, 0.717) is 22.6 Å². The second-order valence-electron chi connectivity index (χ2n) is 7.42. The molecule has 0 spiro atoms. The Morgan fingerprint density at radius 1 is 1.17 bits per heavy atom. The number of nitrogens with one attached hydrogen (secondary N) is 1.